The summed E-state index contributed by atoms with van der Waals surface area (Å²) in [7, 11) is 0. The van der Waals surface area contributed by atoms with Crippen LogP contribution < -0.4 is 0 Å². The molecule has 0 fully saturated rings. The Morgan fingerprint density at radius 2 is 3.17 bits per heavy atom. The van der Waals surface area contributed by atoms with Gasteiger partial charge < -0.3 is 4.74 Å². The highest BCUT2D eigenvalue weighted by molar-refractivity contribution is 5.65. The summed E-state index contributed by atoms with van der Waals surface area (Å²) in [5.74, 6) is -1.53. The summed E-state index contributed by atoms with van der Waals surface area (Å²) in [6.07, 6.45) is 0. The summed E-state index contributed by atoms with van der Waals surface area (Å²) in [5.41, 5.74) is 0. The predicted octanol–water partition coefficient (Wildman–Crippen LogP) is 0.569. The molecule has 0 radical (unpaired) electrons. The minimum Gasteiger partial charge on any atom is -0.466 e. The predicted molar refractivity (Wildman–Crippen MR) is 22.3 cm³/mol. The molecule has 0 unspecified atom stereocenters. The highest BCUT2D eigenvalue weighted by Gasteiger charge is 1.81. The van der Waals surface area contributed by atoms with Crippen LogP contribution >= 0.6 is 0 Å². The monoisotopic (exact) mass is 95.1 g/mol. The second-order valence-electron chi connectivity index (χ2n) is 0.523. The van der Waals surface area contributed by atoms with Crippen LogP contribution in [0.2, 0.25) is 0 Å². The zero-order valence-corrected chi connectivity index (χ0v) is 2.89. The molecule has 36 valence electrons. The lowest BCUT2D eigenvalue weighted by molar-refractivity contribution is -0.140. The second-order valence-corrected chi connectivity index (χ2v) is 0.523. The Bertz CT molecular complexity index is 195. The van der Waals surface area contributed by atoms with E-state index in [-0.39, 0.29) is 0 Å². The molecule has 0 aliphatic heterocycles. The zero-order chi connectivity index (χ0) is 10.9. The van der Waals surface area contributed by atoms with Gasteiger partial charge in [0.2, 0.25) is 0 Å². The van der Waals surface area contributed by atoms with E-state index in [1.165, 1.54) is 0 Å². The van der Waals surface area contributed by atoms with E-state index < -0.39 is 26.3 Å². The first-order valence-corrected chi connectivity index (χ1v) is 1.15. The van der Waals surface area contributed by atoms with Crippen LogP contribution in [-0.2, 0) is 9.53 Å². The van der Waals surface area contributed by atoms with Crippen molar-refractivity contribution < 1.29 is 19.1 Å². The van der Waals surface area contributed by atoms with Gasteiger partial charge in [0.25, 0.3) is 0 Å². The third-order valence-corrected chi connectivity index (χ3v) is 0.152. The summed E-state index contributed by atoms with van der Waals surface area (Å²) >= 11 is 0. The fraction of sp³-hybridized carbons (Fsp3) is 0.750. The molecule has 0 aliphatic rings. The Morgan fingerprint density at radius 1 is 2.33 bits per heavy atom. The quantitative estimate of drug-likeness (QED) is 0.445. The molecule has 0 saturated carbocycles. The molecule has 0 heterocycles. The van der Waals surface area contributed by atoms with Crippen molar-refractivity contribution in [3.63, 3.8) is 0 Å². The molecule has 0 aromatic heterocycles. The highest BCUT2D eigenvalue weighted by atomic mass is 16.5. The zero-order valence-electron chi connectivity index (χ0n) is 9.89. The van der Waals surface area contributed by atoms with Crippen LogP contribution in [0.5, 0.6) is 0 Å². The molecule has 6 heavy (non-hydrogen) atoms. The van der Waals surface area contributed by atoms with Gasteiger partial charge in [-0.3, -0.25) is 4.79 Å². The molecule has 0 spiro atoms. The van der Waals surface area contributed by atoms with Crippen molar-refractivity contribution in [1.82, 2.24) is 0 Å². The molecule has 0 N–H and O–H groups in total. The molecule has 0 atom stereocenters. The molecule has 0 aliphatic carbocycles. The number of carbonyl (C=O) groups excluding carboxylic acids is 1. The van der Waals surface area contributed by atoms with Gasteiger partial charge in [-0.2, -0.15) is 0 Å². The normalized spacial score (nSPS) is 29.8. The molecule has 2 heteroatoms. The maximum Gasteiger partial charge on any atom is 0.302 e. The third-order valence-electron chi connectivity index (χ3n) is 0.152. The number of hydrogen-bond acceptors (Lipinski definition) is 2. The summed E-state index contributed by atoms with van der Waals surface area (Å²) in [6.45, 7) is -8.31. The van der Waals surface area contributed by atoms with Crippen LogP contribution in [0.1, 0.15) is 23.3 Å². The number of ether oxygens (including phenoxy) is 1. The number of carbonyl (C=O) groups is 1. The molecular weight excluding hydrogens is 80.0 g/mol. The van der Waals surface area contributed by atoms with Gasteiger partial charge in [-0.15, -0.1) is 0 Å². The van der Waals surface area contributed by atoms with Crippen LogP contribution in [0, 0.1) is 0 Å². The maximum atomic E-state index is 10.5. The molecule has 0 aromatic carbocycles. The Labute approximate surface area is 46.9 Å². The van der Waals surface area contributed by atoms with E-state index in [1.807, 2.05) is 0 Å². The van der Waals surface area contributed by atoms with E-state index in [4.69, 9.17) is 9.60 Å². The Balaban J connectivity index is 4.44. The largest absolute Gasteiger partial charge is 0.466 e. The first-order chi connectivity index (χ1) is 5.58. The van der Waals surface area contributed by atoms with E-state index in [0.29, 0.717) is 0 Å². The van der Waals surface area contributed by atoms with E-state index in [9.17, 15) is 4.79 Å². The summed E-state index contributed by atoms with van der Waals surface area (Å²) in [4.78, 5) is 10.5. The molecule has 0 amide bonds. The van der Waals surface area contributed by atoms with Crippen molar-refractivity contribution in [2.75, 3.05) is 6.56 Å². The van der Waals surface area contributed by atoms with Gasteiger partial charge in [0.1, 0.15) is 0 Å². The van der Waals surface area contributed by atoms with Crippen LogP contribution in [0.4, 0.5) is 0 Å². The summed E-state index contributed by atoms with van der Waals surface area (Å²) in [5, 5.41) is 0. The Morgan fingerprint density at radius 3 is 3.67 bits per heavy atom. The number of esters is 1. The average molecular weight is 95.1 g/mol. The van der Waals surface area contributed by atoms with Gasteiger partial charge in [0, 0.05) is 13.7 Å². The fourth-order valence-electron chi connectivity index (χ4n) is 0.0503. The Kier molecular flexibility index (Phi) is 0.373. The minimum absolute atomic E-state index is 1.53. The molecule has 0 aromatic rings. The highest BCUT2D eigenvalue weighted by Crippen LogP contribution is 1.69. The van der Waals surface area contributed by atoms with Crippen molar-refractivity contribution in [3.05, 3.63) is 0 Å². The van der Waals surface area contributed by atoms with Crippen molar-refractivity contribution in [2.24, 2.45) is 0 Å². The number of hydrogen-bond donors (Lipinski definition) is 0. The molecule has 0 rings (SSSR count). The minimum atomic E-state index is -3.15. The van der Waals surface area contributed by atoms with Crippen molar-refractivity contribution >= 4 is 5.97 Å². The van der Waals surface area contributed by atoms with Crippen molar-refractivity contribution in [3.8, 4) is 0 Å². The van der Waals surface area contributed by atoms with Gasteiger partial charge in [0.15, 0.2) is 0 Å². The summed E-state index contributed by atoms with van der Waals surface area (Å²) < 4.78 is 50.3. The molecular formula is C4H8O2. The smallest absolute Gasteiger partial charge is 0.302 e. The Hall–Kier alpha value is -0.530. The van der Waals surface area contributed by atoms with Gasteiger partial charge in [-0.25, -0.2) is 0 Å². The van der Waals surface area contributed by atoms with Crippen molar-refractivity contribution in [1.29, 1.82) is 0 Å². The summed E-state index contributed by atoms with van der Waals surface area (Å²) in [6, 6.07) is 0. The first-order valence-electron chi connectivity index (χ1n) is 4.81. The van der Waals surface area contributed by atoms with Crippen LogP contribution in [0.3, 0.4) is 0 Å². The van der Waals surface area contributed by atoms with E-state index >= 15 is 0 Å². The molecule has 2 nitrogen and oxygen atoms in total. The molecule has 0 bridgehead atoms. The van der Waals surface area contributed by atoms with Crippen molar-refractivity contribution in [2.45, 2.75) is 13.7 Å². The van der Waals surface area contributed by atoms with Crippen LogP contribution in [0.15, 0.2) is 0 Å². The standard InChI is InChI=1S/C4H8O2/c1-3-6-4(2)5/h3H2,1-2H3/i1D3,2D2,3D2. The van der Waals surface area contributed by atoms with Gasteiger partial charge in [-0.05, 0) is 6.85 Å². The average Bonchev–Trinajstić information content (AvgIpc) is 1.83. The van der Waals surface area contributed by atoms with Gasteiger partial charge in [-0.1, -0.05) is 0 Å². The third kappa shape index (κ3) is 3.47. The van der Waals surface area contributed by atoms with E-state index in [0.717, 1.165) is 0 Å². The van der Waals surface area contributed by atoms with E-state index in [1.54, 1.807) is 0 Å². The fourth-order valence-corrected chi connectivity index (χ4v) is 0.0503. The van der Waals surface area contributed by atoms with Crippen LogP contribution in [0.25, 0.3) is 0 Å². The van der Waals surface area contributed by atoms with Gasteiger partial charge >= 0.3 is 5.97 Å². The lowest BCUT2D eigenvalue weighted by atomic mass is 10.8. The number of rotatable bonds is 1. The molecule has 0 saturated heterocycles. The van der Waals surface area contributed by atoms with E-state index in [2.05, 4.69) is 4.74 Å². The topological polar surface area (TPSA) is 26.3 Å². The lowest BCUT2D eigenvalue weighted by Crippen LogP contribution is -1.95. The van der Waals surface area contributed by atoms with Gasteiger partial charge in [0.05, 0.1) is 9.30 Å². The SMILES string of the molecule is [2H]C([2H])C(=O)OC([2H])([2H])C([2H])([2H])[2H]. The maximum absolute atomic E-state index is 10.5. The lowest BCUT2D eigenvalue weighted by Gasteiger charge is -1.89. The van der Waals surface area contributed by atoms with Crippen LogP contribution in [-0.4, -0.2) is 12.5 Å². The second kappa shape index (κ2) is 2.69. The first kappa shape index (κ1) is 0.831.